The number of anilines is 1. The number of amides is 1. The predicted octanol–water partition coefficient (Wildman–Crippen LogP) is 5.22. The van der Waals surface area contributed by atoms with Gasteiger partial charge in [0, 0.05) is 12.8 Å². The minimum atomic E-state index is -1.08. The van der Waals surface area contributed by atoms with Crippen LogP contribution in [0.15, 0.2) is 36.2 Å². The molecule has 1 unspecified atom stereocenters. The minimum absolute atomic E-state index is 0.126. The number of carbonyl (C=O) groups excluding carboxylic acids is 1. The molecule has 162 valence electrons. The molecule has 1 heterocycles. The lowest BCUT2D eigenvalue weighted by Gasteiger charge is -2.22. The van der Waals surface area contributed by atoms with E-state index < -0.39 is 17.5 Å². The summed E-state index contributed by atoms with van der Waals surface area (Å²) in [4.78, 5) is 17.0. The van der Waals surface area contributed by atoms with E-state index in [1.165, 1.54) is 12.2 Å². The average Bonchev–Trinajstić information content (AvgIpc) is 2.94. The van der Waals surface area contributed by atoms with Gasteiger partial charge in [-0.05, 0) is 49.5 Å². The largest absolute Gasteiger partial charge is 0.390 e. The number of hydrogen-bond acceptors (Lipinski definition) is 3. The second-order valence-electron chi connectivity index (χ2n) is 9.74. The van der Waals surface area contributed by atoms with Crippen LogP contribution >= 0.6 is 0 Å². The van der Waals surface area contributed by atoms with E-state index in [1.807, 2.05) is 20.8 Å². The lowest BCUT2D eigenvalue weighted by Crippen LogP contribution is -2.23. The molecule has 0 fully saturated rings. The zero-order valence-electron chi connectivity index (χ0n) is 18.1. The summed E-state index contributed by atoms with van der Waals surface area (Å²) < 4.78 is 30.6. The number of imidazole rings is 1. The van der Waals surface area contributed by atoms with Crippen LogP contribution in [0.3, 0.4) is 0 Å². The second kappa shape index (κ2) is 7.95. The van der Waals surface area contributed by atoms with Gasteiger partial charge >= 0.3 is 0 Å². The standard InChI is InChI=1S/C23H29F2N3O2/c1-22(2,3)13-18(29)27-21-26-17-11-6-14(12-23(4,5)30)19(25)20(17)28(21)16-9-7-15(24)8-10-16/h6-9,11,16,30H,10,12-13H2,1-5H3,(H,26,27,29). The molecule has 1 aromatic carbocycles. The third-order valence-electron chi connectivity index (χ3n) is 4.80. The van der Waals surface area contributed by atoms with Gasteiger partial charge in [0.15, 0.2) is 5.82 Å². The number of halogens is 2. The maximum absolute atomic E-state index is 15.5. The number of carbonyl (C=O) groups is 1. The van der Waals surface area contributed by atoms with Crippen LogP contribution in [0.25, 0.3) is 11.0 Å². The Hall–Kier alpha value is -2.54. The van der Waals surface area contributed by atoms with Gasteiger partial charge < -0.3 is 9.67 Å². The van der Waals surface area contributed by atoms with Crippen LogP contribution in [-0.2, 0) is 11.2 Å². The van der Waals surface area contributed by atoms with E-state index in [0.29, 0.717) is 17.5 Å². The van der Waals surface area contributed by atoms with E-state index in [2.05, 4.69) is 10.3 Å². The summed E-state index contributed by atoms with van der Waals surface area (Å²) in [6.45, 7) is 9.09. The molecule has 0 spiro atoms. The number of hydrogen-bond donors (Lipinski definition) is 2. The molecule has 0 radical (unpaired) electrons. The first-order valence-electron chi connectivity index (χ1n) is 10.1. The van der Waals surface area contributed by atoms with Gasteiger partial charge in [0.25, 0.3) is 0 Å². The number of fused-ring (bicyclic) bond motifs is 1. The summed E-state index contributed by atoms with van der Waals surface area (Å²) in [6.07, 6.45) is 5.11. The lowest BCUT2D eigenvalue weighted by atomic mass is 9.92. The fourth-order valence-electron chi connectivity index (χ4n) is 3.63. The Balaban J connectivity index is 2.11. The number of nitrogens with zero attached hydrogens (tertiary/aromatic N) is 2. The first-order chi connectivity index (χ1) is 13.8. The zero-order chi connectivity index (χ0) is 22.3. The number of rotatable bonds is 5. The molecule has 5 nitrogen and oxygen atoms in total. The van der Waals surface area contributed by atoms with Gasteiger partial charge in [-0.3, -0.25) is 10.1 Å². The molecule has 0 bridgehead atoms. The molecule has 0 saturated heterocycles. The lowest BCUT2D eigenvalue weighted by molar-refractivity contribution is -0.117. The van der Waals surface area contributed by atoms with Crippen molar-refractivity contribution in [1.29, 1.82) is 0 Å². The maximum atomic E-state index is 15.5. The van der Waals surface area contributed by atoms with Crippen molar-refractivity contribution in [2.75, 3.05) is 5.32 Å². The molecule has 2 N–H and O–H groups in total. The minimum Gasteiger partial charge on any atom is -0.390 e. The highest BCUT2D eigenvalue weighted by Crippen LogP contribution is 2.34. The quantitative estimate of drug-likeness (QED) is 0.701. The van der Waals surface area contributed by atoms with Crippen molar-refractivity contribution in [2.45, 2.75) is 65.5 Å². The fourth-order valence-corrected chi connectivity index (χ4v) is 3.63. The molecule has 30 heavy (non-hydrogen) atoms. The third kappa shape index (κ3) is 5.14. The van der Waals surface area contributed by atoms with Crippen LogP contribution in [0.1, 0.15) is 59.1 Å². The summed E-state index contributed by atoms with van der Waals surface area (Å²) >= 11 is 0. The van der Waals surface area contributed by atoms with Crippen molar-refractivity contribution in [3.63, 3.8) is 0 Å². The third-order valence-corrected chi connectivity index (χ3v) is 4.80. The Morgan fingerprint density at radius 2 is 1.97 bits per heavy atom. The first kappa shape index (κ1) is 22.2. The van der Waals surface area contributed by atoms with E-state index in [1.54, 1.807) is 36.6 Å². The van der Waals surface area contributed by atoms with Crippen molar-refractivity contribution in [3.05, 3.63) is 47.6 Å². The molecule has 1 atom stereocenters. The number of benzene rings is 1. The number of aromatic nitrogens is 2. The normalized spacial score (nSPS) is 17.3. The number of aliphatic hydroxyl groups is 1. The van der Waals surface area contributed by atoms with E-state index in [0.717, 1.165) is 0 Å². The smallest absolute Gasteiger partial charge is 0.227 e. The van der Waals surface area contributed by atoms with Crippen molar-refractivity contribution < 1.29 is 18.7 Å². The first-order valence-corrected chi connectivity index (χ1v) is 10.1. The summed E-state index contributed by atoms with van der Waals surface area (Å²) in [5.74, 6) is -0.847. The van der Waals surface area contributed by atoms with Gasteiger partial charge in [-0.15, -0.1) is 0 Å². The Kier molecular flexibility index (Phi) is 5.87. The molecule has 0 aliphatic heterocycles. The molecular weight excluding hydrogens is 388 g/mol. The van der Waals surface area contributed by atoms with Gasteiger partial charge in [-0.2, -0.15) is 0 Å². The maximum Gasteiger partial charge on any atom is 0.227 e. The van der Waals surface area contributed by atoms with Crippen LogP contribution in [0.5, 0.6) is 0 Å². The molecule has 7 heteroatoms. The molecule has 1 aromatic heterocycles. The fraction of sp³-hybridized carbons (Fsp3) is 0.478. The van der Waals surface area contributed by atoms with Gasteiger partial charge in [0.05, 0.1) is 17.2 Å². The van der Waals surface area contributed by atoms with Gasteiger partial charge in [-0.25, -0.2) is 13.8 Å². The van der Waals surface area contributed by atoms with E-state index in [9.17, 15) is 14.3 Å². The summed E-state index contributed by atoms with van der Waals surface area (Å²) in [6, 6.07) is 2.88. The van der Waals surface area contributed by atoms with Crippen LogP contribution in [-0.4, -0.2) is 26.2 Å². The highest BCUT2D eigenvalue weighted by molar-refractivity contribution is 5.92. The Morgan fingerprint density at radius 3 is 2.53 bits per heavy atom. The van der Waals surface area contributed by atoms with Crippen LogP contribution in [0.2, 0.25) is 0 Å². The monoisotopic (exact) mass is 417 g/mol. The molecule has 1 aliphatic carbocycles. The van der Waals surface area contributed by atoms with Crippen molar-refractivity contribution in [3.8, 4) is 0 Å². The van der Waals surface area contributed by atoms with Crippen LogP contribution < -0.4 is 5.32 Å². The Morgan fingerprint density at radius 1 is 1.27 bits per heavy atom. The Bertz CT molecular complexity index is 1020. The summed E-state index contributed by atoms with van der Waals surface area (Å²) in [5, 5.41) is 12.9. The molecule has 0 saturated carbocycles. The number of allylic oxidation sites excluding steroid dienone is 4. The van der Waals surface area contributed by atoms with E-state index >= 15 is 4.39 Å². The summed E-state index contributed by atoms with van der Waals surface area (Å²) in [7, 11) is 0. The Labute approximate surface area is 175 Å². The van der Waals surface area contributed by atoms with Crippen LogP contribution in [0.4, 0.5) is 14.7 Å². The molecule has 1 amide bonds. The van der Waals surface area contributed by atoms with Gasteiger partial charge in [0.2, 0.25) is 11.9 Å². The topological polar surface area (TPSA) is 67.2 Å². The average molecular weight is 418 g/mol. The highest BCUT2D eigenvalue weighted by atomic mass is 19.1. The SMILES string of the molecule is CC(C)(C)CC(=O)Nc1nc2ccc(CC(C)(C)O)c(F)c2n1C1C=CC(F)=CC1. The van der Waals surface area contributed by atoms with E-state index in [-0.39, 0.29) is 41.5 Å². The van der Waals surface area contributed by atoms with E-state index in [4.69, 9.17) is 0 Å². The molecule has 2 aromatic rings. The van der Waals surface area contributed by atoms with Crippen molar-refractivity contribution in [2.24, 2.45) is 5.41 Å². The summed E-state index contributed by atoms with van der Waals surface area (Å²) in [5.41, 5.74) is -0.331. The van der Waals surface area contributed by atoms with Gasteiger partial charge in [-0.1, -0.05) is 32.9 Å². The molecule has 3 rings (SSSR count). The predicted molar refractivity (Wildman–Crippen MR) is 114 cm³/mol. The zero-order valence-corrected chi connectivity index (χ0v) is 18.1. The number of nitrogens with one attached hydrogen (secondary N) is 1. The van der Waals surface area contributed by atoms with Crippen LogP contribution in [0, 0.1) is 11.2 Å². The highest BCUT2D eigenvalue weighted by Gasteiger charge is 2.26. The molecular formula is C23H29F2N3O2. The second-order valence-corrected chi connectivity index (χ2v) is 9.74. The molecule has 1 aliphatic rings. The van der Waals surface area contributed by atoms with Crippen molar-refractivity contribution >= 4 is 22.9 Å². The van der Waals surface area contributed by atoms with Crippen molar-refractivity contribution in [1.82, 2.24) is 9.55 Å². The van der Waals surface area contributed by atoms with Gasteiger partial charge in [0.1, 0.15) is 11.3 Å².